The maximum absolute atomic E-state index is 15.1. The van der Waals surface area contributed by atoms with Gasteiger partial charge in [0, 0.05) is 17.9 Å². The average molecular weight is 511 g/mol. The third kappa shape index (κ3) is 6.97. The number of hydrogen-bond donors (Lipinski definition) is 4. The molecular weight excluding hydrogens is 476 g/mol. The smallest absolute Gasteiger partial charge is 0.399 e. The molecule has 0 atom stereocenters. The van der Waals surface area contributed by atoms with Gasteiger partial charge in [0.05, 0.1) is 22.5 Å². The summed E-state index contributed by atoms with van der Waals surface area (Å²) < 4.78 is 27.0. The minimum Gasteiger partial charge on any atom is -0.399 e. The van der Waals surface area contributed by atoms with Crippen LogP contribution in [0.15, 0.2) is 59.8 Å². The normalized spacial score (nSPS) is 17.2. The summed E-state index contributed by atoms with van der Waals surface area (Å²) in [7, 11) is -0.760. The molecule has 0 saturated carbocycles. The maximum atomic E-state index is 15.1. The molecule has 2 amide bonds. The van der Waals surface area contributed by atoms with Crippen LogP contribution < -0.4 is 21.4 Å². The van der Waals surface area contributed by atoms with Crippen LogP contribution in [0.3, 0.4) is 0 Å². The van der Waals surface area contributed by atoms with Gasteiger partial charge in [-0.2, -0.15) is 0 Å². The molecule has 1 fully saturated rings. The molecule has 0 radical (unpaired) electrons. The van der Waals surface area contributed by atoms with Crippen LogP contribution in [0.2, 0.25) is 0 Å². The van der Waals surface area contributed by atoms with Crippen molar-refractivity contribution in [1.29, 1.82) is 0 Å². The summed E-state index contributed by atoms with van der Waals surface area (Å²) >= 11 is 0. The Morgan fingerprint density at radius 3 is 2.08 bits per heavy atom. The molecule has 0 aromatic heterocycles. The Bertz CT molecular complexity index is 1180. The van der Waals surface area contributed by atoms with Crippen LogP contribution in [0.4, 0.5) is 15.8 Å². The largest absolute Gasteiger partial charge is 0.494 e. The zero-order valence-corrected chi connectivity index (χ0v) is 22.4. The summed E-state index contributed by atoms with van der Waals surface area (Å²) in [6.45, 7) is 12.4. The number of carbonyl (C=O) groups is 2. The Morgan fingerprint density at radius 2 is 1.54 bits per heavy atom. The van der Waals surface area contributed by atoms with Crippen LogP contribution in [0.25, 0.3) is 0 Å². The van der Waals surface area contributed by atoms with Gasteiger partial charge in [0.2, 0.25) is 0 Å². The lowest BCUT2D eigenvalue weighted by atomic mass is 9.79. The van der Waals surface area contributed by atoms with E-state index in [0.29, 0.717) is 11.2 Å². The van der Waals surface area contributed by atoms with Gasteiger partial charge in [0.15, 0.2) is 0 Å². The summed E-state index contributed by atoms with van der Waals surface area (Å²) in [6.07, 6.45) is 0. The van der Waals surface area contributed by atoms with Crippen molar-refractivity contribution in [2.75, 3.05) is 17.2 Å². The standard InChI is InChI=1S/C27H35BFN3O5/c1-17(30-16-25(2,3)35)22(23(33)31-19-11-9-8-10-12-19)24(34)32-21-14-13-18(15-20(21)29)28-36-26(4,5)27(6,7)37-28/h8-15,30,35H,16H2,1-7H3,(H,31,33)(H,32,34)/b22-17+. The molecule has 37 heavy (non-hydrogen) atoms. The molecule has 0 aliphatic carbocycles. The molecule has 0 spiro atoms. The van der Waals surface area contributed by atoms with Crippen molar-refractivity contribution in [3.63, 3.8) is 0 Å². The summed E-state index contributed by atoms with van der Waals surface area (Å²) in [5.41, 5.74) is -1.42. The van der Waals surface area contributed by atoms with Crippen molar-refractivity contribution in [2.24, 2.45) is 0 Å². The summed E-state index contributed by atoms with van der Waals surface area (Å²) in [4.78, 5) is 26.3. The van der Waals surface area contributed by atoms with E-state index in [1.807, 2.05) is 27.7 Å². The molecule has 2 aromatic rings. The molecule has 0 unspecified atom stereocenters. The summed E-state index contributed by atoms with van der Waals surface area (Å²) in [5.74, 6) is -2.19. The van der Waals surface area contributed by atoms with Crippen LogP contribution in [0, 0.1) is 5.82 Å². The monoisotopic (exact) mass is 511 g/mol. The van der Waals surface area contributed by atoms with Crippen LogP contribution in [-0.2, 0) is 18.9 Å². The number of nitrogens with one attached hydrogen (secondary N) is 3. The maximum Gasteiger partial charge on any atom is 0.494 e. The van der Waals surface area contributed by atoms with E-state index in [1.165, 1.54) is 12.1 Å². The van der Waals surface area contributed by atoms with E-state index >= 15 is 4.39 Å². The molecule has 1 aliphatic rings. The minimum absolute atomic E-state index is 0.0887. The first-order valence-electron chi connectivity index (χ1n) is 12.1. The molecule has 0 bridgehead atoms. The molecule has 1 saturated heterocycles. The SMILES string of the molecule is C/C(NCC(C)(C)O)=C(/C(=O)Nc1ccccc1)C(=O)Nc1ccc(B2OC(C)(C)C(C)(C)O2)cc1F. The van der Waals surface area contributed by atoms with E-state index in [2.05, 4.69) is 16.0 Å². The Kier molecular flexibility index (Phi) is 8.16. The van der Waals surface area contributed by atoms with E-state index in [9.17, 15) is 14.7 Å². The Hall–Kier alpha value is -3.21. The van der Waals surface area contributed by atoms with Crippen LogP contribution >= 0.6 is 0 Å². The highest BCUT2D eigenvalue weighted by molar-refractivity contribution is 6.62. The first-order chi connectivity index (χ1) is 17.1. The molecule has 1 heterocycles. The third-order valence-electron chi connectivity index (χ3n) is 6.41. The highest BCUT2D eigenvalue weighted by atomic mass is 19.1. The zero-order chi connectivity index (χ0) is 27.6. The molecule has 1 aliphatic heterocycles. The van der Waals surface area contributed by atoms with Crippen LogP contribution in [0.1, 0.15) is 48.5 Å². The fraction of sp³-hybridized carbons (Fsp3) is 0.407. The first kappa shape index (κ1) is 28.4. The number of carbonyl (C=O) groups excluding carboxylic acids is 2. The number of amides is 2. The molecule has 198 valence electrons. The van der Waals surface area contributed by atoms with Crippen molar-refractivity contribution >= 4 is 35.8 Å². The topological polar surface area (TPSA) is 109 Å². The van der Waals surface area contributed by atoms with Crippen molar-refractivity contribution in [1.82, 2.24) is 5.32 Å². The van der Waals surface area contributed by atoms with Crippen molar-refractivity contribution < 1.29 is 28.4 Å². The molecule has 10 heteroatoms. The quantitative estimate of drug-likeness (QED) is 0.187. The van der Waals surface area contributed by atoms with Gasteiger partial charge in [0.1, 0.15) is 11.4 Å². The summed E-state index contributed by atoms with van der Waals surface area (Å²) in [5, 5.41) is 18.1. The number of halogens is 1. The number of benzene rings is 2. The predicted molar refractivity (Wildman–Crippen MR) is 143 cm³/mol. The number of hydrogen-bond acceptors (Lipinski definition) is 6. The Labute approximate surface area is 217 Å². The highest BCUT2D eigenvalue weighted by Crippen LogP contribution is 2.36. The second kappa shape index (κ2) is 10.6. The van der Waals surface area contributed by atoms with E-state index in [-0.39, 0.29) is 23.5 Å². The second-order valence-corrected chi connectivity index (χ2v) is 10.8. The van der Waals surface area contributed by atoms with Gasteiger partial charge in [-0.1, -0.05) is 24.3 Å². The van der Waals surface area contributed by atoms with Crippen LogP contribution in [0.5, 0.6) is 0 Å². The highest BCUT2D eigenvalue weighted by Gasteiger charge is 2.51. The Balaban J connectivity index is 1.84. The van der Waals surface area contributed by atoms with E-state index in [1.54, 1.807) is 57.2 Å². The van der Waals surface area contributed by atoms with Gasteiger partial charge in [-0.3, -0.25) is 9.59 Å². The Morgan fingerprint density at radius 1 is 0.973 bits per heavy atom. The molecular formula is C27H35BFN3O5. The second-order valence-electron chi connectivity index (χ2n) is 10.8. The molecule has 4 N–H and O–H groups in total. The van der Waals surface area contributed by atoms with Gasteiger partial charge in [-0.25, -0.2) is 4.39 Å². The zero-order valence-electron chi connectivity index (χ0n) is 22.4. The predicted octanol–water partition coefficient (Wildman–Crippen LogP) is 3.34. The lowest BCUT2D eigenvalue weighted by Crippen LogP contribution is -2.41. The molecule has 2 aromatic carbocycles. The van der Waals surface area contributed by atoms with Crippen molar-refractivity contribution in [3.8, 4) is 0 Å². The van der Waals surface area contributed by atoms with E-state index in [0.717, 1.165) is 0 Å². The van der Waals surface area contributed by atoms with Gasteiger partial charge in [0.25, 0.3) is 11.8 Å². The lowest BCUT2D eigenvalue weighted by Gasteiger charge is -2.32. The van der Waals surface area contributed by atoms with Crippen LogP contribution in [-0.4, -0.2) is 47.4 Å². The van der Waals surface area contributed by atoms with E-state index < -0.39 is 41.6 Å². The van der Waals surface area contributed by atoms with Gasteiger partial charge >= 0.3 is 7.12 Å². The number of para-hydroxylation sites is 1. The van der Waals surface area contributed by atoms with Gasteiger partial charge < -0.3 is 30.4 Å². The van der Waals surface area contributed by atoms with Gasteiger partial charge in [-0.15, -0.1) is 0 Å². The number of aliphatic hydroxyl groups is 1. The molecule has 3 rings (SSSR count). The fourth-order valence-corrected chi connectivity index (χ4v) is 3.54. The number of anilines is 2. The lowest BCUT2D eigenvalue weighted by molar-refractivity contribution is -0.118. The minimum atomic E-state index is -1.09. The average Bonchev–Trinajstić information content (AvgIpc) is 3.01. The number of rotatable bonds is 8. The van der Waals surface area contributed by atoms with E-state index in [4.69, 9.17) is 9.31 Å². The summed E-state index contributed by atoms with van der Waals surface area (Å²) in [6, 6.07) is 12.9. The van der Waals surface area contributed by atoms with Crippen molar-refractivity contribution in [3.05, 3.63) is 65.6 Å². The molecule has 8 nitrogen and oxygen atoms in total. The third-order valence-corrected chi connectivity index (χ3v) is 6.41. The van der Waals surface area contributed by atoms with Crippen molar-refractivity contribution in [2.45, 2.75) is 65.3 Å². The fourth-order valence-electron chi connectivity index (χ4n) is 3.54. The number of allylic oxidation sites excluding steroid dienone is 1. The first-order valence-corrected chi connectivity index (χ1v) is 12.1. The van der Waals surface area contributed by atoms with Gasteiger partial charge in [-0.05, 0) is 78.2 Å².